The molecule has 0 radical (unpaired) electrons. The quantitative estimate of drug-likeness (QED) is 0.662. The van der Waals surface area contributed by atoms with Crippen LogP contribution in [0.1, 0.15) is 48.7 Å². The number of para-hydroxylation sites is 1. The van der Waals surface area contributed by atoms with Crippen LogP contribution in [0.15, 0.2) is 36.5 Å². The molecule has 2 aliphatic heterocycles. The molecular weight excluding hydrogens is 394 g/mol. The van der Waals surface area contributed by atoms with Crippen molar-refractivity contribution in [1.82, 2.24) is 9.78 Å². The van der Waals surface area contributed by atoms with Gasteiger partial charge < -0.3 is 19.5 Å². The van der Waals surface area contributed by atoms with Crippen LogP contribution in [0.5, 0.6) is 11.5 Å². The molecule has 2 aromatic carbocycles. The summed E-state index contributed by atoms with van der Waals surface area (Å²) in [6, 6.07) is 9.89. The van der Waals surface area contributed by atoms with Gasteiger partial charge in [0.1, 0.15) is 11.5 Å². The zero-order chi connectivity index (χ0) is 21.4. The van der Waals surface area contributed by atoms with E-state index in [2.05, 4.69) is 5.32 Å². The summed E-state index contributed by atoms with van der Waals surface area (Å²) in [5.41, 5.74) is 3.11. The Morgan fingerprint density at radius 3 is 2.87 bits per heavy atom. The summed E-state index contributed by atoms with van der Waals surface area (Å²) < 4.78 is 19.2. The predicted octanol–water partition coefficient (Wildman–Crippen LogP) is 4.36. The van der Waals surface area contributed by atoms with Crippen molar-refractivity contribution in [3.05, 3.63) is 47.7 Å². The van der Waals surface area contributed by atoms with E-state index in [9.17, 15) is 4.79 Å². The molecule has 0 bridgehead atoms. The minimum absolute atomic E-state index is 0.0640. The second-order valence-corrected chi connectivity index (χ2v) is 8.37. The third kappa shape index (κ3) is 3.97. The van der Waals surface area contributed by atoms with Gasteiger partial charge in [0.05, 0.1) is 35.5 Å². The smallest absolute Gasteiger partial charge is 0.259 e. The van der Waals surface area contributed by atoms with E-state index in [1.54, 1.807) is 0 Å². The number of anilines is 1. The van der Waals surface area contributed by atoms with Crippen LogP contribution in [0, 0.1) is 0 Å². The first kappa shape index (κ1) is 19.9. The van der Waals surface area contributed by atoms with Crippen molar-refractivity contribution in [2.45, 2.75) is 45.3 Å². The number of nitrogens with one attached hydrogen (secondary N) is 1. The molecule has 162 valence electrons. The Bertz CT molecular complexity index is 1120. The first-order valence-corrected chi connectivity index (χ1v) is 10.9. The van der Waals surface area contributed by atoms with Gasteiger partial charge in [-0.25, -0.2) is 0 Å². The number of aromatic nitrogens is 2. The number of fused-ring (bicyclic) bond motifs is 2. The highest BCUT2D eigenvalue weighted by molar-refractivity contribution is 6.09. The average molecular weight is 421 g/mol. The molecule has 31 heavy (non-hydrogen) atoms. The van der Waals surface area contributed by atoms with E-state index in [1.807, 2.05) is 55.1 Å². The number of rotatable bonds is 5. The van der Waals surface area contributed by atoms with E-state index < -0.39 is 0 Å². The largest absolute Gasteiger partial charge is 0.491 e. The highest BCUT2D eigenvalue weighted by Gasteiger charge is 2.22. The maximum atomic E-state index is 13.3. The summed E-state index contributed by atoms with van der Waals surface area (Å²) in [7, 11) is 0. The third-order valence-electron chi connectivity index (χ3n) is 5.76. The number of benzene rings is 2. The summed E-state index contributed by atoms with van der Waals surface area (Å²) in [6.07, 6.45) is 4.69. The fourth-order valence-electron chi connectivity index (χ4n) is 4.24. The molecule has 0 aliphatic carbocycles. The van der Waals surface area contributed by atoms with Gasteiger partial charge in [0, 0.05) is 37.3 Å². The lowest BCUT2D eigenvalue weighted by atomic mass is 10.1. The van der Waals surface area contributed by atoms with Gasteiger partial charge in [0.2, 0.25) is 0 Å². The van der Waals surface area contributed by atoms with Crippen LogP contribution in [0.2, 0.25) is 0 Å². The third-order valence-corrected chi connectivity index (χ3v) is 5.76. The van der Waals surface area contributed by atoms with Crippen molar-refractivity contribution in [3.63, 3.8) is 0 Å². The number of carbonyl (C=O) groups excluding carboxylic acids is 1. The van der Waals surface area contributed by atoms with E-state index in [4.69, 9.17) is 19.3 Å². The van der Waals surface area contributed by atoms with E-state index in [0.29, 0.717) is 29.6 Å². The lowest BCUT2D eigenvalue weighted by molar-refractivity contribution is 0.0664. The van der Waals surface area contributed by atoms with Crippen molar-refractivity contribution in [2.24, 2.45) is 0 Å². The number of hydrogen-bond acceptors (Lipinski definition) is 5. The highest BCUT2D eigenvalue weighted by atomic mass is 16.5. The Morgan fingerprint density at radius 2 is 2.06 bits per heavy atom. The minimum atomic E-state index is -0.222. The summed E-state index contributed by atoms with van der Waals surface area (Å²) in [4.78, 5) is 13.3. The normalized spacial score (nSPS) is 16.4. The molecule has 3 aromatic rings. The molecule has 0 spiro atoms. The Hall–Kier alpha value is -3.06. The van der Waals surface area contributed by atoms with E-state index in [0.717, 1.165) is 54.7 Å². The van der Waals surface area contributed by atoms with Gasteiger partial charge in [-0.2, -0.15) is 5.10 Å². The van der Waals surface area contributed by atoms with Crippen LogP contribution < -0.4 is 14.8 Å². The molecule has 1 N–H and O–H groups in total. The predicted molar refractivity (Wildman–Crippen MR) is 118 cm³/mol. The van der Waals surface area contributed by atoms with Crippen LogP contribution in [0.25, 0.3) is 10.9 Å². The molecule has 1 aromatic heterocycles. The standard InChI is InChI=1S/C24H27N3O4/c1-15(2)31-22-13-21-17(14-27(26-21)18-7-9-29-10-8-18)12-19(22)24(28)25-20-5-3-4-16-6-11-30-23(16)20/h3-5,12-15,18H,6-11H2,1-2H3,(H,25,28). The molecule has 7 heteroatoms. The van der Waals surface area contributed by atoms with Crippen LogP contribution in [0.3, 0.4) is 0 Å². The van der Waals surface area contributed by atoms with Crippen molar-refractivity contribution < 1.29 is 19.0 Å². The molecule has 1 fully saturated rings. The Labute approximate surface area is 181 Å². The van der Waals surface area contributed by atoms with Gasteiger partial charge in [-0.1, -0.05) is 12.1 Å². The summed E-state index contributed by atoms with van der Waals surface area (Å²) in [5.74, 6) is 1.07. The fourth-order valence-corrected chi connectivity index (χ4v) is 4.24. The number of ether oxygens (including phenoxy) is 3. The molecule has 5 rings (SSSR count). The van der Waals surface area contributed by atoms with E-state index >= 15 is 0 Å². The van der Waals surface area contributed by atoms with Gasteiger partial charge in [0.15, 0.2) is 0 Å². The average Bonchev–Trinajstić information content (AvgIpc) is 3.40. The molecule has 2 aliphatic rings. The Balaban J connectivity index is 1.49. The topological polar surface area (TPSA) is 74.6 Å². The Kier molecular flexibility index (Phi) is 5.28. The lowest BCUT2D eigenvalue weighted by Gasteiger charge is -2.22. The molecule has 0 atom stereocenters. The van der Waals surface area contributed by atoms with Gasteiger partial charge >= 0.3 is 0 Å². The SMILES string of the molecule is CC(C)Oc1cc2nn(C3CCOCC3)cc2cc1C(=O)Nc1cccc2c1OCC2. The number of carbonyl (C=O) groups is 1. The monoisotopic (exact) mass is 421 g/mol. The molecule has 0 unspecified atom stereocenters. The molecular formula is C24H27N3O4. The van der Waals surface area contributed by atoms with Crippen molar-refractivity contribution in [2.75, 3.05) is 25.1 Å². The molecule has 3 heterocycles. The van der Waals surface area contributed by atoms with Gasteiger partial charge in [-0.15, -0.1) is 0 Å². The van der Waals surface area contributed by atoms with Crippen molar-refractivity contribution >= 4 is 22.5 Å². The fraction of sp³-hybridized carbons (Fsp3) is 0.417. The molecule has 7 nitrogen and oxygen atoms in total. The highest BCUT2D eigenvalue weighted by Crippen LogP contribution is 2.35. The maximum absolute atomic E-state index is 13.3. The van der Waals surface area contributed by atoms with Gasteiger partial charge in [-0.3, -0.25) is 9.48 Å². The van der Waals surface area contributed by atoms with Crippen LogP contribution in [-0.4, -0.2) is 41.6 Å². The maximum Gasteiger partial charge on any atom is 0.259 e. The van der Waals surface area contributed by atoms with Crippen molar-refractivity contribution in [1.29, 1.82) is 0 Å². The number of hydrogen-bond donors (Lipinski definition) is 1. The van der Waals surface area contributed by atoms with Crippen LogP contribution in [0.4, 0.5) is 5.69 Å². The lowest BCUT2D eigenvalue weighted by Crippen LogP contribution is -2.19. The van der Waals surface area contributed by atoms with E-state index in [1.165, 1.54) is 0 Å². The summed E-state index contributed by atoms with van der Waals surface area (Å²) in [6.45, 7) is 6.04. The molecule has 1 amide bonds. The van der Waals surface area contributed by atoms with Crippen molar-refractivity contribution in [3.8, 4) is 11.5 Å². The van der Waals surface area contributed by atoms with Gasteiger partial charge in [0.25, 0.3) is 5.91 Å². The van der Waals surface area contributed by atoms with Crippen LogP contribution in [-0.2, 0) is 11.2 Å². The Morgan fingerprint density at radius 1 is 1.23 bits per heavy atom. The second-order valence-electron chi connectivity index (χ2n) is 8.37. The molecule has 1 saturated heterocycles. The van der Waals surface area contributed by atoms with Crippen LogP contribution >= 0.6 is 0 Å². The summed E-state index contributed by atoms with van der Waals surface area (Å²) >= 11 is 0. The first-order chi connectivity index (χ1) is 15.1. The zero-order valence-corrected chi connectivity index (χ0v) is 17.9. The number of nitrogens with zero attached hydrogens (tertiary/aromatic N) is 2. The number of amides is 1. The zero-order valence-electron chi connectivity index (χ0n) is 17.9. The second kappa shape index (κ2) is 8.23. The first-order valence-electron chi connectivity index (χ1n) is 10.9. The van der Waals surface area contributed by atoms with E-state index in [-0.39, 0.29) is 12.0 Å². The van der Waals surface area contributed by atoms with Gasteiger partial charge in [-0.05, 0) is 44.4 Å². The molecule has 0 saturated carbocycles. The summed E-state index contributed by atoms with van der Waals surface area (Å²) in [5, 5.41) is 8.70. The minimum Gasteiger partial charge on any atom is -0.491 e.